The molecule has 2 aromatic rings. The van der Waals surface area contributed by atoms with Crippen LogP contribution < -0.4 is 0 Å². The summed E-state index contributed by atoms with van der Waals surface area (Å²) < 4.78 is 2.17. The highest BCUT2D eigenvalue weighted by molar-refractivity contribution is 7.99. The third kappa shape index (κ3) is 2.95. The maximum Gasteiger partial charge on any atom is 0.191 e. The molecule has 4 nitrogen and oxygen atoms in total. The van der Waals surface area contributed by atoms with E-state index < -0.39 is 0 Å². The SMILES string of the molecule is Cc1cc(C)c(C(=O)CSc2nnc(C)n2C2CC2)c(C)c1. The van der Waals surface area contributed by atoms with Gasteiger partial charge in [-0.05, 0) is 51.7 Å². The normalized spacial score (nSPS) is 14.4. The fourth-order valence-corrected chi connectivity index (χ4v) is 3.95. The minimum absolute atomic E-state index is 0.169. The van der Waals surface area contributed by atoms with Gasteiger partial charge in [-0.15, -0.1) is 10.2 Å². The molecule has 1 saturated carbocycles. The van der Waals surface area contributed by atoms with Gasteiger partial charge in [-0.1, -0.05) is 29.5 Å². The minimum Gasteiger partial charge on any atom is -0.303 e. The van der Waals surface area contributed by atoms with E-state index in [0.29, 0.717) is 11.8 Å². The molecule has 0 amide bonds. The number of carbonyl (C=O) groups excluding carboxylic acids is 1. The van der Waals surface area contributed by atoms with Gasteiger partial charge in [0.25, 0.3) is 0 Å². The van der Waals surface area contributed by atoms with Crippen molar-refractivity contribution in [1.82, 2.24) is 14.8 Å². The molecular formula is C17H21N3OS. The van der Waals surface area contributed by atoms with Crippen molar-refractivity contribution in [3.05, 3.63) is 40.2 Å². The second kappa shape index (κ2) is 5.88. The molecule has 1 fully saturated rings. The number of hydrogen-bond acceptors (Lipinski definition) is 4. The Balaban J connectivity index is 1.76. The number of thioether (sulfide) groups is 1. The van der Waals surface area contributed by atoms with Gasteiger partial charge in [-0.2, -0.15) is 0 Å². The largest absolute Gasteiger partial charge is 0.303 e. The fourth-order valence-electron chi connectivity index (χ4n) is 3.02. The van der Waals surface area contributed by atoms with Gasteiger partial charge in [-0.25, -0.2) is 0 Å². The molecule has 1 heterocycles. The summed E-state index contributed by atoms with van der Waals surface area (Å²) in [6, 6.07) is 4.68. The van der Waals surface area contributed by atoms with Crippen molar-refractivity contribution in [2.24, 2.45) is 0 Å². The molecule has 0 bridgehead atoms. The van der Waals surface area contributed by atoms with Crippen molar-refractivity contribution < 1.29 is 4.79 Å². The number of rotatable bonds is 5. The Morgan fingerprint density at radius 2 is 1.82 bits per heavy atom. The van der Waals surface area contributed by atoms with E-state index in [1.54, 1.807) is 0 Å². The van der Waals surface area contributed by atoms with Crippen LogP contribution in [0.3, 0.4) is 0 Å². The number of hydrogen-bond donors (Lipinski definition) is 0. The van der Waals surface area contributed by atoms with Gasteiger partial charge >= 0.3 is 0 Å². The number of carbonyl (C=O) groups is 1. The summed E-state index contributed by atoms with van der Waals surface area (Å²) in [5, 5.41) is 9.25. The van der Waals surface area contributed by atoms with Gasteiger partial charge in [0.15, 0.2) is 10.9 Å². The molecule has 0 radical (unpaired) electrons. The molecule has 0 unspecified atom stereocenters. The van der Waals surface area contributed by atoms with Crippen LogP contribution in [0.4, 0.5) is 0 Å². The lowest BCUT2D eigenvalue weighted by molar-refractivity contribution is 0.102. The Bertz CT molecular complexity index is 708. The van der Waals surface area contributed by atoms with Crippen molar-refractivity contribution in [3.63, 3.8) is 0 Å². The molecule has 5 heteroatoms. The molecule has 0 saturated heterocycles. The van der Waals surface area contributed by atoms with E-state index in [9.17, 15) is 4.79 Å². The van der Waals surface area contributed by atoms with E-state index >= 15 is 0 Å². The van der Waals surface area contributed by atoms with Crippen LogP contribution in [-0.4, -0.2) is 26.3 Å². The quantitative estimate of drug-likeness (QED) is 0.621. The van der Waals surface area contributed by atoms with Crippen molar-refractivity contribution in [1.29, 1.82) is 0 Å². The van der Waals surface area contributed by atoms with E-state index in [4.69, 9.17) is 0 Å². The number of Topliss-reactive ketones (excluding diaryl/α,β-unsaturated/α-hetero) is 1. The molecule has 1 aromatic heterocycles. The zero-order valence-corrected chi connectivity index (χ0v) is 14.3. The Labute approximate surface area is 135 Å². The summed E-state index contributed by atoms with van der Waals surface area (Å²) in [4.78, 5) is 12.6. The summed E-state index contributed by atoms with van der Waals surface area (Å²) in [6.07, 6.45) is 2.38. The van der Waals surface area contributed by atoms with Crippen molar-refractivity contribution in [2.75, 3.05) is 5.75 Å². The molecule has 3 rings (SSSR count). The summed E-state index contributed by atoms with van der Waals surface area (Å²) in [7, 11) is 0. The van der Waals surface area contributed by atoms with E-state index in [-0.39, 0.29) is 5.78 Å². The van der Waals surface area contributed by atoms with Crippen LogP contribution in [0.1, 0.15) is 51.8 Å². The van der Waals surface area contributed by atoms with Crippen molar-refractivity contribution in [2.45, 2.75) is 51.7 Å². The lowest BCUT2D eigenvalue weighted by atomic mass is 9.97. The predicted molar refractivity (Wildman–Crippen MR) is 88.7 cm³/mol. The Morgan fingerprint density at radius 1 is 1.18 bits per heavy atom. The lowest BCUT2D eigenvalue weighted by Crippen LogP contribution is -2.09. The molecule has 1 aliphatic carbocycles. The topological polar surface area (TPSA) is 47.8 Å². The molecule has 0 aliphatic heterocycles. The molecule has 1 aliphatic rings. The molecule has 0 spiro atoms. The van der Waals surface area contributed by atoms with Gasteiger partial charge in [0.2, 0.25) is 0 Å². The van der Waals surface area contributed by atoms with Crippen LogP contribution in [0.25, 0.3) is 0 Å². The first-order valence-corrected chi connectivity index (χ1v) is 8.61. The van der Waals surface area contributed by atoms with Crippen LogP contribution in [0.5, 0.6) is 0 Å². The number of aromatic nitrogens is 3. The highest BCUT2D eigenvalue weighted by atomic mass is 32.2. The van der Waals surface area contributed by atoms with Gasteiger partial charge in [0.05, 0.1) is 5.75 Å². The second-order valence-electron chi connectivity index (χ2n) is 6.12. The molecule has 0 N–H and O–H groups in total. The van der Waals surface area contributed by atoms with E-state index in [2.05, 4.69) is 33.8 Å². The Kier molecular flexibility index (Phi) is 4.08. The third-order valence-electron chi connectivity index (χ3n) is 4.04. The Hall–Kier alpha value is -1.62. The van der Waals surface area contributed by atoms with Gasteiger partial charge in [0.1, 0.15) is 5.82 Å². The first-order chi connectivity index (χ1) is 10.5. The lowest BCUT2D eigenvalue weighted by Gasteiger charge is -2.10. The summed E-state index contributed by atoms with van der Waals surface area (Å²) in [5.74, 6) is 1.53. The number of aryl methyl sites for hydroxylation is 4. The van der Waals surface area contributed by atoms with E-state index in [1.165, 1.54) is 30.2 Å². The fraction of sp³-hybridized carbons (Fsp3) is 0.471. The minimum atomic E-state index is 0.169. The smallest absolute Gasteiger partial charge is 0.191 e. The van der Waals surface area contributed by atoms with Crippen molar-refractivity contribution >= 4 is 17.5 Å². The van der Waals surface area contributed by atoms with Crippen LogP contribution >= 0.6 is 11.8 Å². The van der Waals surface area contributed by atoms with Gasteiger partial charge in [0, 0.05) is 11.6 Å². The monoisotopic (exact) mass is 315 g/mol. The van der Waals surface area contributed by atoms with E-state index in [1.807, 2.05) is 20.8 Å². The number of benzene rings is 1. The second-order valence-corrected chi connectivity index (χ2v) is 7.06. The average Bonchev–Trinajstić information content (AvgIpc) is 3.19. The first-order valence-electron chi connectivity index (χ1n) is 7.62. The summed E-state index contributed by atoms with van der Waals surface area (Å²) in [5.41, 5.74) is 4.17. The number of ketones is 1. The molecule has 116 valence electrons. The highest BCUT2D eigenvalue weighted by Gasteiger charge is 2.28. The maximum atomic E-state index is 12.6. The zero-order chi connectivity index (χ0) is 15.9. The molecule has 22 heavy (non-hydrogen) atoms. The van der Waals surface area contributed by atoms with Gasteiger partial charge < -0.3 is 4.57 Å². The molecule has 1 aromatic carbocycles. The van der Waals surface area contributed by atoms with Crippen LogP contribution in [-0.2, 0) is 0 Å². The first kappa shape index (κ1) is 15.3. The summed E-state index contributed by atoms with van der Waals surface area (Å²) in [6.45, 7) is 8.05. The zero-order valence-electron chi connectivity index (χ0n) is 13.5. The van der Waals surface area contributed by atoms with E-state index in [0.717, 1.165) is 27.7 Å². The maximum absolute atomic E-state index is 12.6. The highest BCUT2D eigenvalue weighted by Crippen LogP contribution is 2.38. The van der Waals surface area contributed by atoms with Gasteiger partial charge in [-0.3, -0.25) is 4.79 Å². The molecule has 0 atom stereocenters. The van der Waals surface area contributed by atoms with Crippen LogP contribution in [0.2, 0.25) is 0 Å². The van der Waals surface area contributed by atoms with Crippen LogP contribution in [0.15, 0.2) is 17.3 Å². The average molecular weight is 315 g/mol. The Morgan fingerprint density at radius 3 is 2.41 bits per heavy atom. The summed E-state index contributed by atoms with van der Waals surface area (Å²) >= 11 is 1.50. The van der Waals surface area contributed by atoms with Crippen LogP contribution in [0, 0.1) is 27.7 Å². The number of nitrogens with zero attached hydrogens (tertiary/aromatic N) is 3. The third-order valence-corrected chi connectivity index (χ3v) is 4.98. The molecular weight excluding hydrogens is 294 g/mol. The van der Waals surface area contributed by atoms with Crippen molar-refractivity contribution in [3.8, 4) is 0 Å². The standard InChI is InChI=1S/C17H21N3OS/c1-10-7-11(2)16(12(3)8-10)15(21)9-22-17-19-18-13(4)20(17)14-5-6-14/h7-8,14H,5-6,9H2,1-4H3. The predicted octanol–water partition coefficient (Wildman–Crippen LogP) is 3.82.